The van der Waals surface area contributed by atoms with Crippen molar-refractivity contribution in [3.8, 4) is 0 Å². The average molecular weight is 337 g/mol. The van der Waals surface area contributed by atoms with E-state index in [-0.39, 0.29) is 0 Å². The molecule has 2 N–H and O–H groups in total. The highest BCUT2D eigenvalue weighted by Gasteiger charge is 2.08. The third kappa shape index (κ3) is 4.72. The monoisotopic (exact) mass is 337 g/mol. The molecule has 0 aliphatic carbocycles. The average Bonchev–Trinajstić information content (AvgIpc) is 2.61. The van der Waals surface area contributed by atoms with E-state index in [1.54, 1.807) is 0 Å². The van der Waals surface area contributed by atoms with Gasteiger partial charge in [-0.25, -0.2) is 9.78 Å². The van der Waals surface area contributed by atoms with Crippen LogP contribution in [0.3, 0.4) is 0 Å². The van der Waals surface area contributed by atoms with E-state index in [1.165, 1.54) is 7.11 Å². The van der Waals surface area contributed by atoms with Crippen LogP contribution in [0.4, 0.5) is 23.3 Å². The van der Waals surface area contributed by atoms with Crippen LogP contribution in [-0.2, 0) is 16.4 Å². The standard InChI is InChI=1S/C18H19N5O2/c1-13-19-17(21-15-9-4-3-5-10-15)23-18(20-13)22-16-11-7-6-8-14(16)12-25-24-2/h3-11H,12H2,1-2H3,(H2,19,20,21,22,23). The van der Waals surface area contributed by atoms with E-state index in [2.05, 4.69) is 30.5 Å². The molecule has 0 aliphatic rings. The van der Waals surface area contributed by atoms with Gasteiger partial charge >= 0.3 is 0 Å². The quantitative estimate of drug-likeness (QED) is 0.502. The number of hydrogen-bond acceptors (Lipinski definition) is 7. The fraction of sp³-hybridized carbons (Fsp3) is 0.167. The van der Waals surface area contributed by atoms with Gasteiger partial charge in [0, 0.05) is 16.9 Å². The first-order chi connectivity index (χ1) is 12.2. The van der Waals surface area contributed by atoms with Crippen LogP contribution in [0.25, 0.3) is 0 Å². The molecule has 2 aromatic carbocycles. The number of anilines is 4. The van der Waals surface area contributed by atoms with Crippen molar-refractivity contribution in [3.63, 3.8) is 0 Å². The normalized spacial score (nSPS) is 10.5. The van der Waals surface area contributed by atoms with Gasteiger partial charge in [-0.3, -0.25) is 0 Å². The van der Waals surface area contributed by atoms with E-state index < -0.39 is 0 Å². The Morgan fingerprint density at radius 2 is 1.52 bits per heavy atom. The predicted molar refractivity (Wildman–Crippen MR) is 95.8 cm³/mol. The summed E-state index contributed by atoms with van der Waals surface area (Å²) in [6, 6.07) is 17.5. The van der Waals surface area contributed by atoms with Crippen molar-refractivity contribution in [2.45, 2.75) is 13.5 Å². The highest BCUT2D eigenvalue weighted by molar-refractivity contribution is 5.60. The minimum atomic E-state index is 0.318. The lowest BCUT2D eigenvalue weighted by atomic mass is 10.2. The zero-order valence-electron chi connectivity index (χ0n) is 14.1. The largest absolute Gasteiger partial charge is 0.324 e. The van der Waals surface area contributed by atoms with Gasteiger partial charge in [-0.15, -0.1) is 0 Å². The van der Waals surface area contributed by atoms with Crippen LogP contribution in [0.1, 0.15) is 11.4 Å². The number of hydrogen-bond donors (Lipinski definition) is 2. The third-order valence-electron chi connectivity index (χ3n) is 3.37. The molecule has 0 unspecified atom stereocenters. The second kappa shape index (κ2) is 8.18. The summed E-state index contributed by atoms with van der Waals surface area (Å²) in [5.74, 6) is 1.55. The van der Waals surface area contributed by atoms with E-state index in [4.69, 9.17) is 4.89 Å². The predicted octanol–water partition coefficient (Wildman–Crippen LogP) is 3.75. The van der Waals surface area contributed by atoms with E-state index in [0.717, 1.165) is 16.9 Å². The Kier molecular flexibility index (Phi) is 5.50. The molecule has 25 heavy (non-hydrogen) atoms. The first-order valence-corrected chi connectivity index (χ1v) is 7.80. The van der Waals surface area contributed by atoms with Crippen LogP contribution in [0.5, 0.6) is 0 Å². The second-order valence-corrected chi connectivity index (χ2v) is 5.23. The molecule has 3 aromatic rings. The Labute approximate surface area is 146 Å². The number of nitrogens with zero attached hydrogens (tertiary/aromatic N) is 3. The van der Waals surface area contributed by atoms with E-state index in [9.17, 15) is 0 Å². The Morgan fingerprint density at radius 3 is 2.28 bits per heavy atom. The third-order valence-corrected chi connectivity index (χ3v) is 3.37. The molecule has 0 saturated heterocycles. The van der Waals surface area contributed by atoms with Gasteiger partial charge in [0.1, 0.15) is 12.4 Å². The molecule has 0 fully saturated rings. The topological polar surface area (TPSA) is 81.2 Å². The molecule has 7 nitrogen and oxygen atoms in total. The van der Waals surface area contributed by atoms with E-state index in [0.29, 0.717) is 24.3 Å². The van der Waals surface area contributed by atoms with Crippen LogP contribution in [0.15, 0.2) is 54.6 Å². The van der Waals surface area contributed by atoms with Gasteiger partial charge in [0.15, 0.2) is 0 Å². The number of aromatic nitrogens is 3. The summed E-state index contributed by atoms with van der Waals surface area (Å²) in [4.78, 5) is 22.8. The van der Waals surface area contributed by atoms with Gasteiger partial charge in [-0.1, -0.05) is 36.4 Å². The number of para-hydroxylation sites is 2. The first kappa shape index (κ1) is 16.8. The van der Waals surface area contributed by atoms with Crippen molar-refractivity contribution in [2.24, 2.45) is 0 Å². The summed E-state index contributed by atoms with van der Waals surface area (Å²) in [5, 5.41) is 6.38. The van der Waals surface area contributed by atoms with Crippen molar-refractivity contribution < 1.29 is 9.78 Å². The van der Waals surface area contributed by atoms with Gasteiger partial charge < -0.3 is 10.6 Å². The van der Waals surface area contributed by atoms with E-state index >= 15 is 0 Å². The summed E-state index contributed by atoms with van der Waals surface area (Å²) in [5.41, 5.74) is 2.68. The molecule has 128 valence electrons. The molecule has 0 amide bonds. The van der Waals surface area contributed by atoms with Crippen molar-refractivity contribution in [1.82, 2.24) is 15.0 Å². The van der Waals surface area contributed by atoms with Crippen LogP contribution in [-0.4, -0.2) is 22.1 Å². The number of benzene rings is 2. The Hall–Kier alpha value is -3.03. The lowest BCUT2D eigenvalue weighted by Gasteiger charge is -2.12. The number of nitrogens with one attached hydrogen (secondary N) is 2. The molecule has 1 aromatic heterocycles. The molecule has 0 spiro atoms. The zero-order valence-corrected chi connectivity index (χ0v) is 14.1. The van der Waals surface area contributed by atoms with Crippen molar-refractivity contribution in [3.05, 3.63) is 66.0 Å². The van der Waals surface area contributed by atoms with Gasteiger partial charge in [-0.05, 0) is 25.1 Å². The van der Waals surface area contributed by atoms with Gasteiger partial charge in [0.2, 0.25) is 11.9 Å². The fourth-order valence-corrected chi connectivity index (χ4v) is 2.26. The van der Waals surface area contributed by atoms with Crippen LogP contribution < -0.4 is 10.6 Å². The maximum Gasteiger partial charge on any atom is 0.232 e. The SMILES string of the molecule is COOCc1ccccc1Nc1nc(C)nc(Nc2ccccc2)n1. The Balaban J connectivity index is 1.81. The molecule has 7 heteroatoms. The Morgan fingerprint density at radius 1 is 0.840 bits per heavy atom. The zero-order chi connectivity index (χ0) is 17.5. The molecule has 0 saturated carbocycles. The van der Waals surface area contributed by atoms with Gasteiger partial charge in [-0.2, -0.15) is 15.0 Å². The van der Waals surface area contributed by atoms with Crippen LogP contribution >= 0.6 is 0 Å². The van der Waals surface area contributed by atoms with E-state index in [1.807, 2.05) is 61.5 Å². The summed E-state index contributed by atoms with van der Waals surface area (Å²) >= 11 is 0. The molecule has 0 radical (unpaired) electrons. The highest BCUT2D eigenvalue weighted by Crippen LogP contribution is 2.21. The molecular weight excluding hydrogens is 318 g/mol. The van der Waals surface area contributed by atoms with Crippen LogP contribution in [0, 0.1) is 6.92 Å². The highest BCUT2D eigenvalue weighted by atomic mass is 17.2. The van der Waals surface area contributed by atoms with Crippen molar-refractivity contribution in [2.75, 3.05) is 17.7 Å². The van der Waals surface area contributed by atoms with Gasteiger partial charge in [0.25, 0.3) is 0 Å². The molecular formula is C18H19N5O2. The maximum absolute atomic E-state index is 5.02. The molecule has 0 bridgehead atoms. The molecule has 3 rings (SSSR count). The lowest BCUT2D eigenvalue weighted by Crippen LogP contribution is -2.06. The number of rotatable bonds is 7. The lowest BCUT2D eigenvalue weighted by molar-refractivity contribution is -0.282. The maximum atomic E-state index is 5.02. The summed E-state index contributed by atoms with van der Waals surface area (Å²) in [7, 11) is 1.48. The summed E-state index contributed by atoms with van der Waals surface area (Å²) < 4.78 is 0. The van der Waals surface area contributed by atoms with Crippen molar-refractivity contribution in [1.29, 1.82) is 0 Å². The van der Waals surface area contributed by atoms with Gasteiger partial charge in [0.05, 0.1) is 7.11 Å². The molecule has 0 atom stereocenters. The summed E-state index contributed by atoms with van der Waals surface area (Å²) in [6.45, 7) is 2.14. The Bertz CT molecular complexity index is 827. The number of aryl methyl sites for hydroxylation is 1. The first-order valence-electron chi connectivity index (χ1n) is 7.80. The molecule has 1 heterocycles. The van der Waals surface area contributed by atoms with Crippen LogP contribution in [0.2, 0.25) is 0 Å². The minimum absolute atomic E-state index is 0.318. The fourth-order valence-electron chi connectivity index (χ4n) is 2.26. The summed E-state index contributed by atoms with van der Waals surface area (Å²) in [6.07, 6.45) is 0. The molecule has 0 aliphatic heterocycles. The second-order valence-electron chi connectivity index (χ2n) is 5.23. The minimum Gasteiger partial charge on any atom is -0.324 e. The van der Waals surface area contributed by atoms with Crippen molar-refractivity contribution >= 4 is 23.3 Å². The smallest absolute Gasteiger partial charge is 0.232 e.